The largest absolute Gasteiger partial charge is 0.330 e. The number of carbonyl (C=O) groups excluding carboxylic acids is 1. The number of hydrogen-bond acceptors (Lipinski definition) is 2. The molecule has 23 heavy (non-hydrogen) atoms. The number of halogens is 3. The number of hydrogen-bond donors (Lipinski definition) is 2. The molecular weight excluding hydrogens is 375 g/mol. The van der Waals surface area contributed by atoms with E-state index in [1.54, 1.807) is 12.1 Å². The van der Waals surface area contributed by atoms with Gasteiger partial charge in [0.1, 0.15) is 0 Å². The van der Waals surface area contributed by atoms with Crippen molar-refractivity contribution >= 4 is 63.7 Å². The monoisotopic (exact) mass is 386 g/mol. The number of benzene rings is 2. The SMILES string of the molecule is Cc1cc(C)cc(C(=O)NC(=S)Nc2c(Cl)cc(Cl)cc2Cl)c1. The Bertz CT molecular complexity index is 750. The van der Waals surface area contributed by atoms with Gasteiger partial charge in [0.15, 0.2) is 5.11 Å². The Morgan fingerprint density at radius 1 is 0.957 bits per heavy atom. The van der Waals surface area contributed by atoms with Crippen molar-refractivity contribution < 1.29 is 4.79 Å². The quantitative estimate of drug-likeness (QED) is 0.679. The summed E-state index contributed by atoms with van der Waals surface area (Å²) in [4.78, 5) is 12.2. The first-order valence-corrected chi connectivity index (χ1v) is 8.15. The number of anilines is 1. The first kappa shape index (κ1) is 18.0. The van der Waals surface area contributed by atoms with E-state index in [0.29, 0.717) is 26.3 Å². The van der Waals surface area contributed by atoms with Crippen LogP contribution in [-0.2, 0) is 0 Å². The molecule has 0 saturated carbocycles. The zero-order valence-corrected chi connectivity index (χ0v) is 15.4. The molecule has 0 aromatic heterocycles. The molecule has 2 aromatic rings. The Morgan fingerprint density at radius 3 is 2.00 bits per heavy atom. The maximum absolute atomic E-state index is 12.2. The van der Waals surface area contributed by atoms with Gasteiger partial charge in [-0.3, -0.25) is 10.1 Å². The molecule has 0 bridgehead atoms. The van der Waals surface area contributed by atoms with Crippen LogP contribution in [0, 0.1) is 13.8 Å². The first-order valence-electron chi connectivity index (χ1n) is 6.61. The lowest BCUT2D eigenvalue weighted by molar-refractivity contribution is 0.0977. The summed E-state index contributed by atoms with van der Waals surface area (Å²) in [5, 5.41) is 6.54. The van der Waals surface area contributed by atoms with Crippen molar-refractivity contribution in [1.29, 1.82) is 0 Å². The van der Waals surface area contributed by atoms with Crippen molar-refractivity contribution in [2.24, 2.45) is 0 Å². The van der Waals surface area contributed by atoms with E-state index in [2.05, 4.69) is 10.6 Å². The van der Waals surface area contributed by atoms with Crippen LogP contribution in [0.2, 0.25) is 15.1 Å². The fourth-order valence-electron chi connectivity index (χ4n) is 2.09. The van der Waals surface area contributed by atoms with Crippen LogP contribution in [0.25, 0.3) is 0 Å². The van der Waals surface area contributed by atoms with Gasteiger partial charge in [-0.05, 0) is 50.3 Å². The number of carbonyl (C=O) groups is 1. The van der Waals surface area contributed by atoms with Crippen LogP contribution in [0.1, 0.15) is 21.5 Å². The predicted octanol–water partition coefficient (Wildman–Crippen LogP) is 5.39. The van der Waals surface area contributed by atoms with Gasteiger partial charge in [-0.1, -0.05) is 52.0 Å². The molecule has 2 rings (SSSR count). The zero-order valence-electron chi connectivity index (χ0n) is 12.3. The van der Waals surface area contributed by atoms with Crippen LogP contribution < -0.4 is 10.6 Å². The third kappa shape index (κ3) is 4.82. The average molecular weight is 388 g/mol. The van der Waals surface area contributed by atoms with Gasteiger partial charge in [0, 0.05) is 10.6 Å². The van der Waals surface area contributed by atoms with Crippen molar-refractivity contribution in [2.45, 2.75) is 13.8 Å². The topological polar surface area (TPSA) is 41.1 Å². The summed E-state index contributed by atoms with van der Waals surface area (Å²) in [5.74, 6) is -0.310. The molecule has 0 spiro atoms. The van der Waals surface area contributed by atoms with E-state index in [1.165, 1.54) is 12.1 Å². The second kappa shape index (κ2) is 7.49. The lowest BCUT2D eigenvalue weighted by atomic mass is 10.1. The number of rotatable bonds is 2. The van der Waals surface area contributed by atoms with Gasteiger partial charge >= 0.3 is 0 Å². The minimum absolute atomic E-state index is 0.0975. The van der Waals surface area contributed by atoms with Gasteiger partial charge in [0.25, 0.3) is 5.91 Å². The Balaban J connectivity index is 2.12. The van der Waals surface area contributed by atoms with Crippen LogP contribution in [0.5, 0.6) is 0 Å². The Labute approximate surface area is 154 Å². The molecule has 0 unspecified atom stereocenters. The Morgan fingerprint density at radius 2 is 1.48 bits per heavy atom. The highest BCUT2D eigenvalue weighted by Gasteiger charge is 2.12. The fourth-order valence-corrected chi connectivity index (χ4v) is 3.19. The molecule has 2 aromatic carbocycles. The van der Waals surface area contributed by atoms with Crippen molar-refractivity contribution in [3.63, 3.8) is 0 Å². The van der Waals surface area contributed by atoms with Crippen molar-refractivity contribution in [2.75, 3.05) is 5.32 Å². The fraction of sp³-hybridized carbons (Fsp3) is 0.125. The maximum atomic E-state index is 12.2. The predicted molar refractivity (Wildman–Crippen MR) is 101 cm³/mol. The minimum atomic E-state index is -0.310. The van der Waals surface area contributed by atoms with E-state index in [0.717, 1.165) is 11.1 Å². The maximum Gasteiger partial charge on any atom is 0.257 e. The van der Waals surface area contributed by atoms with Crippen LogP contribution in [-0.4, -0.2) is 11.0 Å². The molecule has 0 atom stereocenters. The van der Waals surface area contributed by atoms with Crippen molar-refractivity contribution in [3.05, 3.63) is 62.1 Å². The Hall–Kier alpha value is -1.33. The molecule has 3 nitrogen and oxygen atoms in total. The van der Waals surface area contributed by atoms with Crippen LogP contribution in [0.15, 0.2) is 30.3 Å². The summed E-state index contributed by atoms with van der Waals surface area (Å²) >= 11 is 23.1. The minimum Gasteiger partial charge on any atom is -0.330 e. The second-order valence-electron chi connectivity index (χ2n) is 5.03. The van der Waals surface area contributed by atoms with Crippen LogP contribution in [0.4, 0.5) is 5.69 Å². The average Bonchev–Trinajstić information content (AvgIpc) is 2.41. The molecule has 2 N–H and O–H groups in total. The summed E-state index contributed by atoms with van der Waals surface area (Å²) in [5.41, 5.74) is 2.92. The van der Waals surface area contributed by atoms with E-state index in [9.17, 15) is 4.79 Å². The van der Waals surface area contributed by atoms with Crippen LogP contribution in [0.3, 0.4) is 0 Å². The summed E-state index contributed by atoms with van der Waals surface area (Å²) in [6.07, 6.45) is 0. The lowest BCUT2D eigenvalue weighted by Crippen LogP contribution is -2.34. The Kier molecular flexibility index (Phi) is 5.87. The summed E-state index contributed by atoms with van der Waals surface area (Å²) in [6, 6.07) is 8.62. The molecule has 0 aliphatic rings. The molecule has 0 fully saturated rings. The van der Waals surface area contributed by atoms with Gasteiger partial charge in [-0.15, -0.1) is 0 Å². The summed E-state index contributed by atoms with van der Waals surface area (Å²) in [7, 11) is 0. The molecule has 7 heteroatoms. The molecule has 0 aliphatic heterocycles. The highest BCUT2D eigenvalue weighted by atomic mass is 35.5. The highest BCUT2D eigenvalue weighted by Crippen LogP contribution is 2.33. The molecule has 0 radical (unpaired) electrons. The second-order valence-corrected chi connectivity index (χ2v) is 6.69. The third-order valence-corrected chi connectivity index (χ3v) is 3.97. The molecule has 120 valence electrons. The molecule has 0 saturated heterocycles. The molecule has 1 amide bonds. The van der Waals surface area contributed by atoms with Crippen LogP contribution >= 0.6 is 47.0 Å². The van der Waals surface area contributed by atoms with E-state index in [1.807, 2.05) is 19.9 Å². The third-order valence-electron chi connectivity index (χ3n) is 2.96. The molecular formula is C16H13Cl3N2OS. The van der Waals surface area contributed by atoms with E-state index in [-0.39, 0.29) is 11.0 Å². The summed E-state index contributed by atoms with van der Waals surface area (Å²) in [6.45, 7) is 3.85. The van der Waals surface area contributed by atoms with Gasteiger partial charge in [-0.2, -0.15) is 0 Å². The zero-order chi connectivity index (χ0) is 17.1. The van der Waals surface area contributed by atoms with Crippen molar-refractivity contribution in [3.8, 4) is 0 Å². The standard InChI is InChI=1S/C16H13Cl3N2OS/c1-8-3-9(2)5-10(4-8)15(22)21-16(23)20-14-12(18)6-11(17)7-13(14)19/h3-7H,1-2H3,(H2,20,21,22,23). The lowest BCUT2D eigenvalue weighted by Gasteiger charge is -2.13. The molecule has 0 heterocycles. The van der Waals surface area contributed by atoms with E-state index >= 15 is 0 Å². The number of nitrogens with one attached hydrogen (secondary N) is 2. The number of thiocarbonyl (C=S) groups is 1. The number of aryl methyl sites for hydroxylation is 2. The van der Waals surface area contributed by atoms with Crippen molar-refractivity contribution in [1.82, 2.24) is 5.32 Å². The van der Waals surface area contributed by atoms with E-state index in [4.69, 9.17) is 47.0 Å². The first-order chi connectivity index (χ1) is 10.8. The normalized spacial score (nSPS) is 10.3. The summed E-state index contributed by atoms with van der Waals surface area (Å²) < 4.78 is 0. The number of amides is 1. The van der Waals surface area contributed by atoms with E-state index < -0.39 is 0 Å². The van der Waals surface area contributed by atoms with Gasteiger partial charge in [0.05, 0.1) is 15.7 Å². The van der Waals surface area contributed by atoms with Gasteiger partial charge in [0.2, 0.25) is 0 Å². The molecule has 0 aliphatic carbocycles. The van der Waals surface area contributed by atoms with Gasteiger partial charge in [-0.25, -0.2) is 0 Å². The smallest absolute Gasteiger partial charge is 0.257 e. The van der Waals surface area contributed by atoms with Gasteiger partial charge < -0.3 is 5.32 Å². The highest BCUT2D eigenvalue weighted by molar-refractivity contribution is 7.80.